The minimum absolute atomic E-state index is 0.148. The summed E-state index contributed by atoms with van der Waals surface area (Å²) in [7, 11) is -3.80. The lowest BCUT2D eigenvalue weighted by Gasteiger charge is -2.39. The van der Waals surface area contributed by atoms with E-state index >= 15 is 0 Å². The Balaban J connectivity index is 1.50. The molecule has 4 rings (SSSR count). The lowest BCUT2D eigenvalue weighted by molar-refractivity contribution is -0.0495. The zero-order valence-electron chi connectivity index (χ0n) is 17.6. The molecule has 1 aliphatic carbocycles. The molecule has 1 amide bonds. The molecule has 0 radical (unpaired) electrons. The molecule has 2 aliphatic heterocycles. The van der Waals surface area contributed by atoms with E-state index in [1.165, 1.54) is 21.3 Å². The van der Waals surface area contributed by atoms with E-state index in [0.29, 0.717) is 37.3 Å². The molecule has 0 spiro atoms. The first-order valence-electron chi connectivity index (χ1n) is 10.7. The molecule has 1 unspecified atom stereocenters. The number of halogens is 1. The maximum atomic E-state index is 13.3. The smallest absolute Gasteiger partial charge is 0.410 e. The van der Waals surface area contributed by atoms with Gasteiger partial charge in [0.25, 0.3) is 0 Å². The third-order valence-electron chi connectivity index (χ3n) is 6.45. The lowest BCUT2D eigenvalue weighted by atomic mass is 9.98. The standard InChI is InChI=1S/C21H29ClN2O6S/c1-2-7-20(26)10-11-23(15-20)19(25)30-21(8-9-21)18-14-29-13-12-24(18)31(27,28)17-5-3-16(22)4-6-17/h3-6,18,26H,2,7-15H2,1H3/t18-,20?/m1/s1. The monoisotopic (exact) mass is 472 g/mol. The SMILES string of the molecule is CCCC1(O)CCN(C(=O)OC2([C@H]3COCCN3S(=O)(=O)c3ccc(Cl)cc3)CC2)C1. The molecular formula is C21H29ClN2O6S. The fraction of sp³-hybridized carbons (Fsp3) is 0.667. The molecule has 0 aromatic heterocycles. The molecule has 0 bridgehead atoms. The van der Waals surface area contributed by atoms with Crippen LogP contribution in [-0.2, 0) is 19.5 Å². The molecule has 1 aromatic rings. The van der Waals surface area contributed by atoms with Crippen LogP contribution in [0.2, 0.25) is 5.02 Å². The molecule has 1 aromatic carbocycles. The Morgan fingerprint density at radius 1 is 1.26 bits per heavy atom. The number of sulfonamides is 1. The highest BCUT2D eigenvalue weighted by Gasteiger charge is 2.59. The van der Waals surface area contributed by atoms with Crippen LogP contribution in [0.15, 0.2) is 29.2 Å². The number of carbonyl (C=O) groups excluding carboxylic acids is 1. The van der Waals surface area contributed by atoms with E-state index in [2.05, 4.69) is 0 Å². The van der Waals surface area contributed by atoms with Gasteiger partial charge in [-0.25, -0.2) is 13.2 Å². The molecule has 2 heterocycles. The summed E-state index contributed by atoms with van der Waals surface area (Å²) in [4.78, 5) is 14.5. The molecule has 3 fully saturated rings. The number of carbonyl (C=O) groups is 1. The minimum atomic E-state index is -3.80. The number of rotatable bonds is 6. The summed E-state index contributed by atoms with van der Waals surface area (Å²) in [6.45, 7) is 3.30. The van der Waals surface area contributed by atoms with Crippen LogP contribution in [0.4, 0.5) is 4.79 Å². The number of morpholine rings is 1. The van der Waals surface area contributed by atoms with Gasteiger partial charge in [-0.2, -0.15) is 4.31 Å². The van der Waals surface area contributed by atoms with Crippen molar-refractivity contribution >= 4 is 27.7 Å². The van der Waals surface area contributed by atoms with Gasteiger partial charge in [0.1, 0.15) is 5.60 Å². The van der Waals surface area contributed by atoms with Crippen LogP contribution in [0.1, 0.15) is 39.0 Å². The van der Waals surface area contributed by atoms with Crippen LogP contribution < -0.4 is 0 Å². The Hall–Kier alpha value is -1.39. The van der Waals surface area contributed by atoms with Crippen molar-refractivity contribution < 1.29 is 27.8 Å². The van der Waals surface area contributed by atoms with Gasteiger partial charge in [-0.1, -0.05) is 24.9 Å². The number of benzene rings is 1. The first-order chi connectivity index (χ1) is 14.7. The van der Waals surface area contributed by atoms with E-state index < -0.39 is 33.4 Å². The predicted molar refractivity (Wildman–Crippen MR) is 114 cm³/mol. The van der Waals surface area contributed by atoms with Crippen molar-refractivity contribution in [1.29, 1.82) is 0 Å². The number of β-amino-alcohol motifs (C(OH)–C–C–N with tert-alkyl or cyclic N) is 1. The normalized spacial score (nSPS) is 28.5. The van der Waals surface area contributed by atoms with Crippen LogP contribution >= 0.6 is 11.6 Å². The van der Waals surface area contributed by atoms with Gasteiger partial charge in [0.2, 0.25) is 10.0 Å². The number of nitrogens with zero attached hydrogens (tertiary/aromatic N) is 2. The van der Waals surface area contributed by atoms with Crippen molar-refractivity contribution in [2.75, 3.05) is 32.8 Å². The van der Waals surface area contributed by atoms with Crippen LogP contribution in [0.5, 0.6) is 0 Å². The summed E-state index contributed by atoms with van der Waals surface area (Å²) in [5.41, 5.74) is -1.77. The zero-order valence-corrected chi connectivity index (χ0v) is 19.2. The average molecular weight is 473 g/mol. The van der Waals surface area contributed by atoms with Crippen molar-refractivity contribution in [1.82, 2.24) is 9.21 Å². The molecule has 10 heteroatoms. The Labute approximate surface area is 188 Å². The van der Waals surface area contributed by atoms with Gasteiger partial charge < -0.3 is 19.5 Å². The summed E-state index contributed by atoms with van der Waals surface area (Å²) in [6, 6.07) is 5.45. The summed E-state index contributed by atoms with van der Waals surface area (Å²) >= 11 is 5.91. The Morgan fingerprint density at radius 3 is 2.61 bits per heavy atom. The van der Waals surface area contributed by atoms with E-state index in [0.717, 1.165) is 6.42 Å². The maximum absolute atomic E-state index is 13.3. The lowest BCUT2D eigenvalue weighted by Crippen LogP contribution is -2.56. The second-order valence-corrected chi connectivity index (χ2v) is 11.1. The van der Waals surface area contributed by atoms with Gasteiger partial charge in [0, 0.05) is 18.1 Å². The number of hydrogen-bond donors (Lipinski definition) is 1. The molecule has 2 atom stereocenters. The second-order valence-electron chi connectivity index (χ2n) is 8.74. The fourth-order valence-electron chi connectivity index (χ4n) is 4.58. The van der Waals surface area contributed by atoms with Gasteiger partial charge in [0.05, 0.1) is 36.3 Å². The maximum Gasteiger partial charge on any atom is 0.410 e. The van der Waals surface area contributed by atoms with E-state index in [1.807, 2.05) is 6.92 Å². The third-order valence-corrected chi connectivity index (χ3v) is 8.62. The molecule has 31 heavy (non-hydrogen) atoms. The minimum Gasteiger partial charge on any atom is -0.441 e. The van der Waals surface area contributed by atoms with E-state index in [-0.39, 0.29) is 31.2 Å². The largest absolute Gasteiger partial charge is 0.441 e. The van der Waals surface area contributed by atoms with Crippen LogP contribution in [0, 0.1) is 0 Å². The number of likely N-dealkylation sites (tertiary alicyclic amines) is 1. The Kier molecular flexibility index (Phi) is 6.26. The quantitative estimate of drug-likeness (QED) is 0.683. The average Bonchev–Trinajstić information content (AvgIpc) is 3.42. The summed E-state index contributed by atoms with van der Waals surface area (Å²) in [6.07, 6.45) is 2.64. The summed E-state index contributed by atoms with van der Waals surface area (Å²) < 4.78 is 39.5. The number of ether oxygens (including phenoxy) is 2. The molecule has 172 valence electrons. The van der Waals surface area contributed by atoms with E-state index in [9.17, 15) is 18.3 Å². The third kappa shape index (κ3) is 4.57. The molecular weight excluding hydrogens is 444 g/mol. The van der Waals surface area contributed by atoms with E-state index in [4.69, 9.17) is 21.1 Å². The van der Waals surface area contributed by atoms with Crippen molar-refractivity contribution in [2.24, 2.45) is 0 Å². The molecule has 8 nitrogen and oxygen atoms in total. The van der Waals surface area contributed by atoms with Crippen molar-refractivity contribution in [3.8, 4) is 0 Å². The topological polar surface area (TPSA) is 96.4 Å². The van der Waals surface area contributed by atoms with Crippen LogP contribution in [-0.4, -0.2) is 78.9 Å². The number of amides is 1. The first kappa shape index (κ1) is 22.8. The van der Waals surface area contributed by atoms with Crippen LogP contribution in [0.25, 0.3) is 0 Å². The number of hydrogen-bond acceptors (Lipinski definition) is 6. The van der Waals surface area contributed by atoms with Crippen LogP contribution in [0.3, 0.4) is 0 Å². The predicted octanol–water partition coefficient (Wildman–Crippen LogP) is 2.64. The second kappa shape index (κ2) is 8.51. The summed E-state index contributed by atoms with van der Waals surface area (Å²) in [5.74, 6) is 0. The highest BCUT2D eigenvalue weighted by Crippen LogP contribution is 2.47. The molecule has 2 saturated heterocycles. The molecule has 1 N–H and O–H groups in total. The Bertz CT molecular complexity index is 920. The van der Waals surface area contributed by atoms with Gasteiger partial charge in [-0.15, -0.1) is 0 Å². The van der Waals surface area contributed by atoms with Crippen molar-refractivity contribution in [3.05, 3.63) is 29.3 Å². The fourth-order valence-corrected chi connectivity index (χ4v) is 6.36. The van der Waals surface area contributed by atoms with Gasteiger partial charge in [0.15, 0.2) is 0 Å². The highest BCUT2D eigenvalue weighted by molar-refractivity contribution is 7.89. The molecule has 3 aliphatic rings. The number of aliphatic hydroxyl groups is 1. The Morgan fingerprint density at radius 2 is 1.97 bits per heavy atom. The molecule has 1 saturated carbocycles. The van der Waals surface area contributed by atoms with Gasteiger partial charge in [-0.3, -0.25) is 0 Å². The van der Waals surface area contributed by atoms with Gasteiger partial charge >= 0.3 is 6.09 Å². The van der Waals surface area contributed by atoms with Crippen molar-refractivity contribution in [3.63, 3.8) is 0 Å². The van der Waals surface area contributed by atoms with Gasteiger partial charge in [-0.05, 0) is 49.9 Å². The highest BCUT2D eigenvalue weighted by atomic mass is 35.5. The summed E-state index contributed by atoms with van der Waals surface area (Å²) in [5, 5.41) is 11.1. The zero-order chi connectivity index (χ0) is 22.3. The van der Waals surface area contributed by atoms with Crippen molar-refractivity contribution in [2.45, 2.75) is 61.2 Å². The first-order valence-corrected chi connectivity index (χ1v) is 12.6. The van der Waals surface area contributed by atoms with E-state index in [1.54, 1.807) is 12.1 Å².